The SMILES string of the molecule is Fc1ccc(CCc2nnc(N3CCNCC3)o2)cc1. The molecule has 5 nitrogen and oxygen atoms in total. The van der Waals surface area contributed by atoms with Gasteiger partial charge in [0.1, 0.15) is 5.82 Å². The normalized spacial score (nSPS) is 15.6. The molecule has 0 aliphatic carbocycles. The maximum absolute atomic E-state index is 12.8. The van der Waals surface area contributed by atoms with Crippen molar-refractivity contribution in [3.63, 3.8) is 0 Å². The van der Waals surface area contributed by atoms with Crippen molar-refractivity contribution in [1.29, 1.82) is 0 Å². The highest BCUT2D eigenvalue weighted by atomic mass is 19.1. The van der Waals surface area contributed by atoms with Gasteiger partial charge in [-0.05, 0) is 24.1 Å². The summed E-state index contributed by atoms with van der Waals surface area (Å²) >= 11 is 0. The van der Waals surface area contributed by atoms with Crippen LogP contribution in [0.15, 0.2) is 28.7 Å². The standard InChI is InChI=1S/C14H17FN4O/c15-12-4-1-11(2-5-12)3-6-13-17-18-14(20-13)19-9-7-16-8-10-19/h1-2,4-5,16H,3,6-10H2. The first-order valence-electron chi connectivity index (χ1n) is 6.84. The zero-order chi connectivity index (χ0) is 13.8. The Kier molecular flexibility index (Phi) is 3.92. The monoisotopic (exact) mass is 276 g/mol. The third kappa shape index (κ3) is 3.14. The van der Waals surface area contributed by atoms with Crippen LogP contribution in [0.1, 0.15) is 11.5 Å². The lowest BCUT2D eigenvalue weighted by Crippen LogP contribution is -2.43. The van der Waals surface area contributed by atoms with Crippen molar-refractivity contribution in [3.05, 3.63) is 41.5 Å². The molecule has 0 atom stereocenters. The fraction of sp³-hybridized carbons (Fsp3) is 0.429. The summed E-state index contributed by atoms with van der Waals surface area (Å²) in [7, 11) is 0. The Morgan fingerprint density at radius 1 is 1.10 bits per heavy atom. The Morgan fingerprint density at radius 3 is 2.60 bits per heavy atom. The molecule has 1 N–H and O–H groups in total. The van der Waals surface area contributed by atoms with E-state index in [0.717, 1.165) is 38.2 Å². The lowest BCUT2D eigenvalue weighted by atomic mass is 10.1. The van der Waals surface area contributed by atoms with Gasteiger partial charge in [-0.25, -0.2) is 4.39 Å². The van der Waals surface area contributed by atoms with Crippen LogP contribution in [0.25, 0.3) is 0 Å². The number of benzene rings is 1. The average Bonchev–Trinajstić information content (AvgIpc) is 2.97. The molecule has 20 heavy (non-hydrogen) atoms. The van der Waals surface area contributed by atoms with Gasteiger partial charge in [-0.15, -0.1) is 5.10 Å². The number of nitrogens with zero attached hydrogens (tertiary/aromatic N) is 3. The summed E-state index contributed by atoms with van der Waals surface area (Å²) in [5.74, 6) is 0.412. The van der Waals surface area contributed by atoms with Gasteiger partial charge < -0.3 is 14.6 Å². The molecular formula is C14H17FN4O. The van der Waals surface area contributed by atoms with Crippen LogP contribution in [0.2, 0.25) is 0 Å². The molecule has 1 saturated heterocycles. The minimum Gasteiger partial charge on any atom is -0.408 e. The highest BCUT2D eigenvalue weighted by molar-refractivity contribution is 5.25. The van der Waals surface area contributed by atoms with Crippen LogP contribution in [0.3, 0.4) is 0 Å². The van der Waals surface area contributed by atoms with Gasteiger partial charge in [-0.1, -0.05) is 17.2 Å². The molecule has 0 unspecified atom stereocenters. The van der Waals surface area contributed by atoms with Gasteiger partial charge >= 0.3 is 6.01 Å². The molecule has 0 amide bonds. The van der Waals surface area contributed by atoms with Crippen molar-refractivity contribution >= 4 is 6.01 Å². The van der Waals surface area contributed by atoms with Gasteiger partial charge in [0.15, 0.2) is 0 Å². The lowest BCUT2D eigenvalue weighted by molar-refractivity contribution is 0.464. The van der Waals surface area contributed by atoms with E-state index in [-0.39, 0.29) is 5.82 Å². The Bertz CT molecular complexity index is 549. The van der Waals surface area contributed by atoms with Crippen LogP contribution in [0.5, 0.6) is 0 Å². The molecule has 1 aliphatic rings. The molecule has 0 bridgehead atoms. The predicted molar refractivity (Wildman–Crippen MR) is 73.2 cm³/mol. The van der Waals surface area contributed by atoms with Crippen molar-refractivity contribution < 1.29 is 8.81 Å². The van der Waals surface area contributed by atoms with E-state index in [0.29, 0.717) is 18.3 Å². The van der Waals surface area contributed by atoms with E-state index in [2.05, 4.69) is 20.4 Å². The Morgan fingerprint density at radius 2 is 1.85 bits per heavy atom. The number of hydrogen-bond acceptors (Lipinski definition) is 5. The Balaban J connectivity index is 1.58. The van der Waals surface area contributed by atoms with E-state index < -0.39 is 0 Å². The zero-order valence-electron chi connectivity index (χ0n) is 11.2. The summed E-state index contributed by atoms with van der Waals surface area (Å²) in [5, 5.41) is 11.4. The van der Waals surface area contributed by atoms with Crippen molar-refractivity contribution in [3.8, 4) is 0 Å². The van der Waals surface area contributed by atoms with Gasteiger partial charge in [-0.3, -0.25) is 0 Å². The summed E-state index contributed by atoms with van der Waals surface area (Å²) in [4.78, 5) is 2.09. The maximum atomic E-state index is 12.8. The minimum absolute atomic E-state index is 0.215. The molecule has 0 spiro atoms. The Labute approximate surface area is 116 Å². The van der Waals surface area contributed by atoms with Gasteiger partial charge in [0, 0.05) is 32.6 Å². The maximum Gasteiger partial charge on any atom is 0.318 e. The van der Waals surface area contributed by atoms with Gasteiger partial charge in [0.2, 0.25) is 5.89 Å². The second-order valence-corrected chi connectivity index (χ2v) is 4.84. The van der Waals surface area contributed by atoms with E-state index in [1.165, 1.54) is 12.1 Å². The van der Waals surface area contributed by atoms with Gasteiger partial charge in [-0.2, -0.15) is 0 Å². The second kappa shape index (κ2) is 6.00. The van der Waals surface area contributed by atoms with E-state index >= 15 is 0 Å². The Hall–Kier alpha value is -1.95. The van der Waals surface area contributed by atoms with Crippen LogP contribution < -0.4 is 10.2 Å². The molecule has 6 heteroatoms. The molecule has 0 saturated carbocycles. The molecule has 1 aromatic heterocycles. The molecule has 1 fully saturated rings. The summed E-state index contributed by atoms with van der Waals surface area (Å²) < 4.78 is 18.5. The number of rotatable bonds is 4. The number of piperazine rings is 1. The fourth-order valence-corrected chi connectivity index (χ4v) is 2.23. The van der Waals surface area contributed by atoms with Gasteiger partial charge in [0.25, 0.3) is 0 Å². The summed E-state index contributed by atoms with van der Waals surface area (Å²) in [6.45, 7) is 3.65. The first kappa shape index (κ1) is 13.1. The lowest BCUT2D eigenvalue weighted by Gasteiger charge is -2.24. The van der Waals surface area contributed by atoms with Crippen LogP contribution in [-0.2, 0) is 12.8 Å². The van der Waals surface area contributed by atoms with Crippen LogP contribution >= 0.6 is 0 Å². The van der Waals surface area contributed by atoms with Crippen LogP contribution in [-0.4, -0.2) is 36.4 Å². The highest BCUT2D eigenvalue weighted by Gasteiger charge is 2.16. The third-order valence-corrected chi connectivity index (χ3v) is 3.38. The molecule has 1 aliphatic heterocycles. The molecule has 0 radical (unpaired) electrons. The second-order valence-electron chi connectivity index (χ2n) is 4.84. The van der Waals surface area contributed by atoms with E-state index in [1.807, 2.05) is 0 Å². The smallest absolute Gasteiger partial charge is 0.318 e. The first-order chi connectivity index (χ1) is 9.81. The molecule has 1 aromatic carbocycles. The number of aromatic nitrogens is 2. The highest BCUT2D eigenvalue weighted by Crippen LogP contribution is 2.14. The van der Waals surface area contributed by atoms with Crippen LogP contribution in [0, 0.1) is 5.82 Å². The molecule has 106 valence electrons. The zero-order valence-corrected chi connectivity index (χ0v) is 11.2. The average molecular weight is 276 g/mol. The largest absolute Gasteiger partial charge is 0.408 e. The van der Waals surface area contributed by atoms with Gasteiger partial charge in [0.05, 0.1) is 0 Å². The van der Waals surface area contributed by atoms with Crippen molar-refractivity contribution in [1.82, 2.24) is 15.5 Å². The topological polar surface area (TPSA) is 54.2 Å². The summed E-state index contributed by atoms with van der Waals surface area (Å²) in [6, 6.07) is 7.09. The summed E-state index contributed by atoms with van der Waals surface area (Å²) in [6.07, 6.45) is 1.44. The molecular weight excluding hydrogens is 259 g/mol. The third-order valence-electron chi connectivity index (χ3n) is 3.38. The molecule has 2 aromatic rings. The first-order valence-corrected chi connectivity index (χ1v) is 6.84. The fourth-order valence-electron chi connectivity index (χ4n) is 2.23. The number of anilines is 1. The van der Waals surface area contributed by atoms with E-state index in [4.69, 9.17) is 4.42 Å². The minimum atomic E-state index is -0.215. The molecule has 3 rings (SSSR count). The number of nitrogens with one attached hydrogen (secondary N) is 1. The van der Waals surface area contributed by atoms with Crippen molar-refractivity contribution in [2.24, 2.45) is 0 Å². The van der Waals surface area contributed by atoms with Crippen LogP contribution in [0.4, 0.5) is 10.4 Å². The predicted octanol–water partition coefficient (Wildman–Crippen LogP) is 1.40. The van der Waals surface area contributed by atoms with E-state index in [1.54, 1.807) is 12.1 Å². The molecule has 2 heterocycles. The van der Waals surface area contributed by atoms with Crippen molar-refractivity contribution in [2.45, 2.75) is 12.8 Å². The number of hydrogen-bond donors (Lipinski definition) is 1. The number of aryl methyl sites for hydroxylation is 2. The quantitative estimate of drug-likeness (QED) is 0.915. The summed E-state index contributed by atoms with van der Waals surface area (Å²) in [5.41, 5.74) is 1.06. The number of halogens is 1. The van der Waals surface area contributed by atoms with E-state index in [9.17, 15) is 4.39 Å². The van der Waals surface area contributed by atoms with Crippen molar-refractivity contribution in [2.75, 3.05) is 31.1 Å².